The Morgan fingerprint density at radius 3 is 2.81 bits per heavy atom. The van der Waals surface area contributed by atoms with Crippen molar-refractivity contribution >= 4 is 17.3 Å². The summed E-state index contributed by atoms with van der Waals surface area (Å²) in [6.45, 7) is 2.56. The monoisotopic (exact) mass is 244 g/mol. The molecule has 0 heterocycles. The van der Waals surface area contributed by atoms with Gasteiger partial charge in [0.1, 0.15) is 11.9 Å². The maximum Gasteiger partial charge on any atom is 0.271 e. The second-order valence-corrected chi connectivity index (χ2v) is 3.77. The van der Waals surface area contributed by atoms with Gasteiger partial charge in [-0.15, -0.1) is 0 Å². The molecule has 1 aromatic rings. The SMILES string of the molecule is CNCC(C)Oc1ccc([N+](=O)[O-])cc1Cl. The Morgan fingerprint density at radius 1 is 1.62 bits per heavy atom. The highest BCUT2D eigenvalue weighted by Crippen LogP contribution is 2.29. The lowest BCUT2D eigenvalue weighted by atomic mass is 10.3. The molecule has 1 unspecified atom stereocenters. The topological polar surface area (TPSA) is 64.4 Å². The average molecular weight is 245 g/mol. The molecule has 6 heteroatoms. The number of nitro groups is 1. The van der Waals surface area contributed by atoms with Crippen molar-refractivity contribution in [2.24, 2.45) is 0 Å². The zero-order valence-electron chi connectivity index (χ0n) is 9.07. The first-order valence-electron chi connectivity index (χ1n) is 4.79. The quantitative estimate of drug-likeness (QED) is 0.637. The molecule has 1 atom stereocenters. The molecule has 0 radical (unpaired) electrons. The van der Waals surface area contributed by atoms with E-state index in [0.717, 1.165) is 0 Å². The van der Waals surface area contributed by atoms with Crippen molar-refractivity contribution in [1.82, 2.24) is 5.32 Å². The molecule has 0 saturated heterocycles. The summed E-state index contributed by atoms with van der Waals surface area (Å²) in [4.78, 5) is 9.99. The fourth-order valence-corrected chi connectivity index (χ4v) is 1.46. The van der Waals surface area contributed by atoms with Crippen molar-refractivity contribution in [3.63, 3.8) is 0 Å². The fraction of sp³-hybridized carbons (Fsp3) is 0.400. The van der Waals surface area contributed by atoms with Gasteiger partial charge in [0.15, 0.2) is 0 Å². The highest BCUT2D eigenvalue weighted by molar-refractivity contribution is 6.32. The summed E-state index contributed by atoms with van der Waals surface area (Å²) in [6.07, 6.45) is -0.0519. The van der Waals surface area contributed by atoms with Gasteiger partial charge >= 0.3 is 0 Å². The van der Waals surface area contributed by atoms with E-state index in [2.05, 4.69) is 5.32 Å². The Hall–Kier alpha value is -1.33. The number of nitro benzene ring substituents is 1. The van der Waals surface area contributed by atoms with Crippen LogP contribution in [0.2, 0.25) is 5.02 Å². The van der Waals surface area contributed by atoms with Crippen LogP contribution in [0.25, 0.3) is 0 Å². The van der Waals surface area contributed by atoms with Gasteiger partial charge in [-0.05, 0) is 20.0 Å². The van der Waals surface area contributed by atoms with Crippen LogP contribution < -0.4 is 10.1 Å². The molecule has 0 amide bonds. The molecule has 0 saturated carbocycles. The number of nitrogens with one attached hydrogen (secondary N) is 1. The smallest absolute Gasteiger partial charge is 0.271 e. The van der Waals surface area contributed by atoms with E-state index in [9.17, 15) is 10.1 Å². The van der Waals surface area contributed by atoms with Gasteiger partial charge in [0.05, 0.1) is 9.95 Å². The normalized spacial score (nSPS) is 12.2. The van der Waals surface area contributed by atoms with E-state index in [1.54, 1.807) is 0 Å². The van der Waals surface area contributed by atoms with E-state index in [0.29, 0.717) is 12.3 Å². The Balaban J connectivity index is 2.79. The molecule has 1 rings (SSSR count). The molecule has 5 nitrogen and oxygen atoms in total. The van der Waals surface area contributed by atoms with Gasteiger partial charge in [-0.1, -0.05) is 11.6 Å². The van der Waals surface area contributed by atoms with Gasteiger partial charge in [-0.3, -0.25) is 10.1 Å². The third kappa shape index (κ3) is 3.36. The number of hydrogen-bond acceptors (Lipinski definition) is 4. The molecule has 0 aromatic heterocycles. The summed E-state index contributed by atoms with van der Waals surface area (Å²) in [7, 11) is 1.82. The molecule has 88 valence electrons. The standard InChI is InChI=1S/C10H13ClN2O3/c1-7(6-12-2)16-10-4-3-8(13(14)15)5-9(10)11/h3-5,7,12H,6H2,1-2H3. The fourth-order valence-electron chi connectivity index (χ4n) is 1.24. The minimum absolute atomic E-state index is 0.0429. The number of benzene rings is 1. The number of ether oxygens (including phenoxy) is 1. The molecular formula is C10H13ClN2O3. The second kappa shape index (κ2) is 5.67. The summed E-state index contributed by atoms with van der Waals surface area (Å²) >= 11 is 5.87. The summed E-state index contributed by atoms with van der Waals surface area (Å²) in [5.41, 5.74) is -0.0429. The Kier molecular flexibility index (Phi) is 4.52. The average Bonchev–Trinajstić information content (AvgIpc) is 2.21. The maximum absolute atomic E-state index is 10.5. The van der Waals surface area contributed by atoms with Crippen LogP contribution in [0.3, 0.4) is 0 Å². The highest BCUT2D eigenvalue weighted by atomic mass is 35.5. The van der Waals surface area contributed by atoms with E-state index in [1.807, 2.05) is 14.0 Å². The van der Waals surface area contributed by atoms with E-state index in [4.69, 9.17) is 16.3 Å². The van der Waals surface area contributed by atoms with Crippen molar-refractivity contribution in [3.05, 3.63) is 33.3 Å². The number of hydrogen-bond donors (Lipinski definition) is 1. The maximum atomic E-state index is 10.5. The molecule has 0 aliphatic carbocycles. The van der Waals surface area contributed by atoms with Crippen LogP contribution in [0.15, 0.2) is 18.2 Å². The first kappa shape index (κ1) is 12.7. The molecule has 0 aliphatic rings. The van der Waals surface area contributed by atoms with E-state index >= 15 is 0 Å². The number of likely N-dealkylation sites (N-methyl/N-ethyl adjacent to an activating group) is 1. The van der Waals surface area contributed by atoms with Crippen LogP contribution in [0.5, 0.6) is 5.75 Å². The van der Waals surface area contributed by atoms with Gasteiger partial charge in [0.25, 0.3) is 5.69 Å². The molecule has 16 heavy (non-hydrogen) atoms. The number of nitrogens with zero attached hydrogens (tertiary/aromatic N) is 1. The summed E-state index contributed by atoms with van der Waals surface area (Å²) in [5.74, 6) is 0.454. The molecule has 0 aliphatic heterocycles. The van der Waals surface area contributed by atoms with Gasteiger partial charge < -0.3 is 10.1 Å². The molecule has 1 aromatic carbocycles. The lowest BCUT2D eigenvalue weighted by Gasteiger charge is -2.14. The van der Waals surface area contributed by atoms with Crippen molar-refractivity contribution in [3.8, 4) is 5.75 Å². The van der Waals surface area contributed by atoms with Crippen LogP contribution in [-0.4, -0.2) is 24.6 Å². The zero-order valence-corrected chi connectivity index (χ0v) is 9.82. The van der Waals surface area contributed by atoms with Crippen molar-refractivity contribution in [2.45, 2.75) is 13.0 Å². The lowest BCUT2D eigenvalue weighted by Crippen LogP contribution is -2.26. The Bertz CT molecular complexity index is 384. The van der Waals surface area contributed by atoms with Crippen LogP contribution in [0.1, 0.15) is 6.92 Å². The Morgan fingerprint density at radius 2 is 2.31 bits per heavy atom. The Labute approximate surface area is 98.5 Å². The van der Waals surface area contributed by atoms with Crippen LogP contribution in [-0.2, 0) is 0 Å². The third-order valence-electron chi connectivity index (χ3n) is 1.95. The van der Waals surface area contributed by atoms with Gasteiger partial charge in [0, 0.05) is 18.7 Å². The van der Waals surface area contributed by atoms with Crippen molar-refractivity contribution in [2.75, 3.05) is 13.6 Å². The van der Waals surface area contributed by atoms with E-state index < -0.39 is 4.92 Å². The van der Waals surface area contributed by atoms with Crippen LogP contribution >= 0.6 is 11.6 Å². The zero-order chi connectivity index (χ0) is 12.1. The highest BCUT2D eigenvalue weighted by Gasteiger charge is 2.12. The van der Waals surface area contributed by atoms with E-state index in [-0.39, 0.29) is 16.8 Å². The minimum Gasteiger partial charge on any atom is -0.488 e. The predicted octanol–water partition coefficient (Wildman–Crippen LogP) is 2.23. The van der Waals surface area contributed by atoms with Gasteiger partial charge in [-0.2, -0.15) is 0 Å². The van der Waals surface area contributed by atoms with Crippen LogP contribution in [0, 0.1) is 10.1 Å². The molecule has 0 fully saturated rings. The molecule has 0 spiro atoms. The predicted molar refractivity (Wildman–Crippen MR) is 62.1 cm³/mol. The summed E-state index contributed by atoms with van der Waals surface area (Å²) in [5, 5.41) is 13.7. The number of halogens is 1. The lowest BCUT2D eigenvalue weighted by molar-refractivity contribution is -0.384. The number of rotatable bonds is 5. The molecule has 0 bridgehead atoms. The third-order valence-corrected chi connectivity index (χ3v) is 2.24. The summed E-state index contributed by atoms with van der Waals surface area (Å²) < 4.78 is 5.50. The van der Waals surface area contributed by atoms with Crippen molar-refractivity contribution < 1.29 is 9.66 Å². The van der Waals surface area contributed by atoms with Crippen LogP contribution in [0.4, 0.5) is 5.69 Å². The van der Waals surface area contributed by atoms with E-state index in [1.165, 1.54) is 18.2 Å². The molecular weight excluding hydrogens is 232 g/mol. The molecule has 1 N–H and O–H groups in total. The largest absolute Gasteiger partial charge is 0.488 e. The summed E-state index contributed by atoms with van der Waals surface area (Å²) in [6, 6.07) is 4.16. The van der Waals surface area contributed by atoms with Gasteiger partial charge in [-0.25, -0.2) is 0 Å². The van der Waals surface area contributed by atoms with Crippen molar-refractivity contribution in [1.29, 1.82) is 0 Å². The number of non-ortho nitro benzene ring substituents is 1. The second-order valence-electron chi connectivity index (χ2n) is 3.36. The van der Waals surface area contributed by atoms with Gasteiger partial charge in [0.2, 0.25) is 0 Å². The first-order chi connectivity index (χ1) is 7.54. The first-order valence-corrected chi connectivity index (χ1v) is 5.17. The minimum atomic E-state index is -0.493.